The number of ether oxygens (including phenoxy) is 2. The van der Waals surface area contributed by atoms with Gasteiger partial charge in [0.15, 0.2) is 0 Å². The number of rotatable bonds is 4. The van der Waals surface area contributed by atoms with Crippen molar-refractivity contribution in [3.05, 3.63) is 76.4 Å². The molecule has 1 aromatic heterocycles. The zero-order chi connectivity index (χ0) is 21.3. The molecule has 0 aliphatic rings. The van der Waals surface area contributed by atoms with Crippen molar-refractivity contribution >= 4 is 11.9 Å². The van der Waals surface area contributed by atoms with Crippen molar-refractivity contribution in [3.63, 3.8) is 0 Å². The Hall–Kier alpha value is -3.12. The minimum Gasteiger partial charge on any atom is -1.00 e. The number of nitrogens with zero attached hydrogens (tertiary/aromatic N) is 2. The van der Waals surface area contributed by atoms with Crippen LogP contribution in [0.5, 0.6) is 0 Å². The number of carbonyl (C=O) groups excluding carboxylic acids is 2. The average Bonchev–Trinajstić information content (AvgIpc) is 3.14. The number of hydrogen-bond donors (Lipinski definition) is 0. The molecule has 3 aromatic rings. The Bertz CT molecular complexity index is 986. The summed E-state index contributed by atoms with van der Waals surface area (Å²) in [6.45, 7) is 7.89. The standard InChI is InChI=1S/C23H25N2O4.ClH/c1-14-9-18(22(26)28-5)10-15(2)20(14)24-7-8-25(13-24)21-16(3)11-19(12-17(21)4)23(27)29-6;/h7-13H,1-6H3;1H/q+1;/p-1. The first-order chi connectivity index (χ1) is 13.8. The summed E-state index contributed by atoms with van der Waals surface area (Å²) in [7, 11) is 2.76. The van der Waals surface area contributed by atoms with Crippen molar-refractivity contribution in [2.24, 2.45) is 0 Å². The van der Waals surface area contributed by atoms with Gasteiger partial charge in [0, 0.05) is 0 Å². The fourth-order valence-electron chi connectivity index (χ4n) is 3.82. The van der Waals surface area contributed by atoms with E-state index in [2.05, 4.69) is 0 Å². The second-order valence-corrected chi connectivity index (χ2v) is 7.13. The molecule has 1 heterocycles. The fourth-order valence-corrected chi connectivity index (χ4v) is 3.82. The van der Waals surface area contributed by atoms with Gasteiger partial charge >= 0.3 is 11.9 Å². The van der Waals surface area contributed by atoms with Crippen LogP contribution in [0.15, 0.2) is 43.0 Å². The molecule has 30 heavy (non-hydrogen) atoms. The van der Waals surface area contributed by atoms with Crippen LogP contribution in [0.25, 0.3) is 11.4 Å². The summed E-state index contributed by atoms with van der Waals surface area (Å²) < 4.78 is 13.7. The zero-order valence-electron chi connectivity index (χ0n) is 17.9. The van der Waals surface area contributed by atoms with Gasteiger partial charge < -0.3 is 21.9 Å². The molecular weight excluding hydrogens is 404 g/mol. The minimum absolute atomic E-state index is 0. The summed E-state index contributed by atoms with van der Waals surface area (Å²) in [5, 5.41) is 0. The van der Waals surface area contributed by atoms with Gasteiger partial charge in [0.2, 0.25) is 0 Å². The number of hydrogen-bond acceptors (Lipinski definition) is 4. The third-order valence-corrected chi connectivity index (χ3v) is 4.98. The van der Waals surface area contributed by atoms with Gasteiger partial charge in [-0.05, 0) is 74.2 Å². The minimum atomic E-state index is -0.345. The van der Waals surface area contributed by atoms with E-state index in [0.717, 1.165) is 33.6 Å². The SMILES string of the molecule is COC(=O)c1cc(C)c(-n2cc[n+](-c3c(C)cc(C(=O)OC)cc3C)c2)c(C)c1.[Cl-]. The topological polar surface area (TPSA) is 61.4 Å². The van der Waals surface area contributed by atoms with Gasteiger partial charge in [0.25, 0.3) is 6.33 Å². The second kappa shape index (κ2) is 9.13. The molecule has 0 saturated heterocycles. The van der Waals surface area contributed by atoms with Crippen LogP contribution < -0.4 is 17.0 Å². The van der Waals surface area contributed by atoms with Crippen LogP contribution in [0, 0.1) is 27.7 Å². The Morgan fingerprint density at radius 2 is 1.23 bits per heavy atom. The van der Waals surface area contributed by atoms with Crippen LogP contribution in [0.4, 0.5) is 0 Å². The third kappa shape index (κ3) is 4.24. The van der Waals surface area contributed by atoms with E-state index in [1.165, 1.54) is 14.2 Å². The molecule has 2 aromatic carbocycles. The predicted molar refractivity (Wildman–Crippen MR) is 109 cm³/mol. The third-order valence-electron chi connectivity index (χ3n) is 4.98. The Balaban J connectivity index is 0.00000320. The van der Waals surface area contributed by atoms with Gasteiger partial charge in [0.1, 0.15) is 23.8 Å². The predicted octanol–water partition coefficient (Wildman–Crippen LogP) is 0.565. The summed E-state index contributed by atoms with van der Waals surface area (Å²) in [6, 6.07) is 7.33. The Labute approximate surface area is 182 Å². The lowest BCUT2D eigenvalue weighted by atomic mass is 10.0. The van der Waals surface area contributed by atoms with E-state index in [4.69, 9.17) is 9.47 Å². The van der Waals surface area contributed by atoms with Crippen molar-refractivity contribution in [2.45, 2.75) is 27.7 Å². The Morgan fingerprint density at radius 1 is 0.800 bits per heavy atom. The van der Waals surface area contributed by atoms with Crippen LogP contribution in [0.1, 0.15) is 43.0 Å². The number of aryl methyl sites for hydroxylation is 4. The molecular formula is C23H25ClN2O4. The van der Waals surface area contributed by atoms with Crippen LogP contribution in [0.3, 0.4) is 0 Å². The molecule has 6 nitrogen and oxygen atoms in total. The maximum Gasteiger partial charge on any atom is 0.337 e. The largest absolute Gasteiger partial charge is 1.00 e. The molecule has 0 fully saturated rings. The summed E-state index contributed by atoms with van der Waals surface area (Å²) in [5.74, 6) is -0.690. The number of benzene rings is 2. The van der Waals surface area contributed by atoms with Crippen molar-refractivity contribution in [3.8, 4) is 11.4 Å². The first-order valence-corrected chi connectivity index (χ1v) is 9.26. The molecule has 0 radical (unpaired) electrons. The molecule has 0 saturated carbocycles. The summed E-state index contributed by atoms with van der Waals surface area (Å²) in [5.41, 5.74) is 7.00. The van der Waals surface area contributed by atoms with Gasteiger partial charge in [-0.3, -0.25) is 0 Å². The van der Waals surface area contributed by atoms with Crippen molar-refractivity contribution < 1.29 is 36.0 Å². The Kier molecular flexibility index (Phi) is 7.05. The molecule has 0 N–H and O–H groups in total. The molecule has 0 aliphatic heterocycles. The normalized spacial score (nSPS) is 10.3. The van der Waals surface area contributed by atoms with Crippen LogP contribution >= 0.6 is 0 Å². The lowest BCUT2D eigenvalue weighted by molar-refractivity contribution is -0.595. The van der Waals surface area contributed by atoms with Crippen molar-refractivity contribution in [1.29, 1.82) is 0 Å². The molecule has 3 rings (SSSR count). The summed E-state index contributed by atoms with van der Waals surface area (Å²) >= 11 is 0. The smallest absolute Gasteiger partial charge is 0.337 e. The first kappa shape index (κ1) is 23.2. The van der Waals surface area contributed by atoms with Crippen LogP contribution in [-0.4, -0.2) is 30.7 Å². The van der Waals surface area contributed by atoms with E-state index in [-0.39, 0.29) is 24.3 Å². The van der Waals surface area contributed by atoms with Crippen LogP contribution in [0.2, 0.25) is 0 Å². The maximum atomic E-state index is 11.9. The molecule has 0 aliphatic carbocycles. The molecule has 0 spiro atoms. The van der Waals surface area contributed by atoms with E-state index in [1.54, 1.807) is 0 Å². The molecule has 0 atom stereocenters. The quantitative estimate of drug-likeness (QED) is 0.450. The maximum absolute atomic E-state index is 11.9. The van der Waals surface area contributed by atoms with Crippen molar-refractivity contribution in [2.75, 3.05) is 14.2 Å². The number of imidazole rings is 1. The number of aromatic nitrogens is 2. The van der Waals surface area contributed by atoms with Gasteiger partial charge in [-0.1, -0.05) is 0 Å². The molecule has 158 valence electrons. The summed E-state index contributed by atoms with van der Waals surface area (Å²) in [6.07, 6.45) is 5.93. The Morgan fingerprint density at radius 3 is 1.67 bits per heavy atom. The van der Waals surface area contributed by atoms with E-state index in [0.29, 0.717) is 11.1 Å². The van der Waals surface area contributed by atoms with Crippen molar-refractivity contribution in [1.82, 2.24) is 4.57 Å². The van der Waals surface area contributed by atoms with Gasteiger partial charge in [-0.15, -0.1) is 0 Å². The number of carbonyl (C=O) groups is 2. The highest BCUT2D eigenvalue weighted by Crippen LogP contribution is 2.22. The van der Waals surface area contributed by atoms with Gasteiger partial charge in [-0.2, -0.15) is 0 Å². The highest BCUT2D eigenvalue weighted by Gasteiger charge is 2.20. The highest BCUT2D eigenvalue weighted by atomic mass is 35.5. The summed E-state index contributed by atoms with van der Waals surface area (Å²) in [4.78, 5) is 23.7. The zero-order valence-corrected chi connectivity index (χ0v) is 18.7. The van der Waals surface area contributed by atoms with E-state index >= 15 is 0 Å². The van der Waals surface area contributed by atoms with E-state index < -0.39 is 0 Å². The molecule has 0 amide bonds. The first-order valence-electron chi connectivity index (χ1n) is 9.26. The molecule has 0 bridgehead atoms. The molecule has 7 heteroatoms. The van der Waals surface area contributed by atoms with Gasteiger partial charge in [0.05, 0.1) is 25.3 Å². The lowest BCUT2D eigenvalue weighted by Crippen LogP contribution is -3.00. The second-order valence-electron chi connectivity index (χ2n) is 7.13. The monoisotopic (exact) mass is 428 g/mol. The fraction of sp³-hybridized carbons (Fsp3) is 0.261. The number of methoxy groups -OCH3 is 2. The molecule has 0 unspecified atom stereocenters. The van der Waals surface area contributed by atoms with E-state index in [9.17, 15) is 9.59 Å². The number of halogens is 1. The lowest BCUT2D eigenvalue weighted by Gasteiger charge is -2.09. The van der Waals surface area contributed by atoms with E-state index in [1.807, 2.05) is 79.8 Å². The highest BCUT2D eigenvalue weighted by molar-refractivity contribution is 5.90. The van der Waals surface area contributed by atoms with Gasteiger partial charge in [-0.25, -0.2) is 18.7 Å². The number of esters is 2. The van der Waals surface area contributed by atoms with Crippen LogP contribution in [-0.2, 0) is 9.47 Å². The average molecular weight is 429 g/mol.